The summed E-state index contributed by atoms with van der Waals surface area (Å²) in [7, 11) is 0. The van der Waals surface area contributed by atoms with E-state index in [1.165, 1.54) is 19.3 Å². The molecule has 4 rings (SSSR count). The van der Waals surface area contributed by atoms with E-state index in [4.69, 9.17) is 19.7 Å². The van der Waals surface area contributed by atoms with Crippen LogP contribution in [0, 0.1) is 5.92 Å². The van der Waals surface area contributed by atoms with Gasteiger partial charge in [0.2, 0.25) is 0 Å². The van der Waals surface area contributed by atoms with E-state index < -0.39 is 6.16 Å². The molecule has 2 fully saturated rings. The number of ether oxygens (including phenoxy) is 1. The van der Waals surface area contributed by atoms with E-state index in [2.05, 4.69) is 10.6 Å². The number of amides is 2. The van der Waals surface area contributed by atoms with Crippen LogP contribution in [0.3, 0.4) is 0 Å². The fraction of sp³-hybridized carbons (Fsp3) is 0.464. The molecule has 1 saturated heterocycles. The number of carbonyl (C=O) groups is 3. The molecule has 0 unspecified atom stereocenters. The third kappa shape index (κ3) is 9.76. The van der Waals surface area contributed by atoms with E-state index in [-0.39, 0.29) is 24.6 Å². The molecule has 2 amide bonds. The number of benzene rings is 2. The molecule has 0 bridgehead atoms. The molecule has 0 atom stereocenters. The van der Waals surface area contributed by atoms with Gasteiger partial charge in [-0.1, -0.05) is 49.6 Å². The normalized spacial score (nSPS) is 16.1. The molecule has 1 aliphatic heterocycles. The van der Waals surface area contributed by atoms with Crippen LogP contribution in [-0.4, -0.2) is 54.0 Å². The number of nitrogens with one attached hydrogen (secondary N) is 2. The highest BCUT2D eigenvalue weighted by Gasteiger charge is 2.24. The summed E-state index contributed by atoms with van der Waals surface area (Å²) in [6.07, 6.45) is 5.61. The van der Waals surface area contributed by atoms with Crippen molar-refractivity contribution >= 4 is 23.8 Å². The average molecular weight is 512 g/mol. The van der Waals surface area contributed by atoms with Crippen molar-refractivity contribution in [3.63, 3.8) is 0 Å². The monoisotopic (exact) mass is 511 g/mol. The van der Waals surface area contributed by atoms with Gasteiger partial charge < -0.3 is 25.6 Å². The van der Waals surface area contributed by atoms with Crippen molar-refractivity contribution in [2.45, 2.75) is 57.6 Å². The Morgan fingerprint density at radius 1 is 0.892 bits per heavy atom. The maximum Gasteiger partial charge on any atom is 0.503 e. The summed E-state index contributed by atoms with van der Waals surface area (Å²) in [5.41, 5.74) is 2.35. The standard InChI is InChI=1S/C27H35N3O3.CH2O3/c31-26(29-24-9-5-2-6-10-24)23-11-13-25(14-12-23)30(19-21-15-17-28-18-16-21)27(32)33-20-22-7-3-1-4-8-22;2-1(3)4/h1,3-4,7-8,11-14,21,24,28H,2,5-6,9-10,15-20H2,(H,29,31);(H2,2,3,4). The molecule has 2 aromatic carbocycles. The second-order valence-electron chi connectivity index (χ2n) is 9.48. The number of carboxylic acid groups (broad SMARTS) is 2. The van der Waals surface area contributed by atoms with Crippen molar-refractivity contribution in [3.05, 3.63) is 65.7 Å². The van der Waals surface area contributed by atoms with E-state index in [0.717, 1.165) is 50.0 Å². The van der Waals surface area contributed by atoms with Crippen LogP contribution in [0.25, 0.3) is 0 Å². The Morgan fingerprint density at radius 2 is 1.51 bits per heavy atom. The number of anilines is 1. The Morgan fingerprint density at radius 3 is 2.14 bits per heavy atom. The van der Waals surface area contributed by atoms with Crippen molar-refractivity contribution in [1.29, 1.82) is 0 Å². The highest BCUT2D eigenvalue weighted by molar-refractivity contribution is 5.95. The van der Waals surface area contributed by atoms with Crippen LogP contribution in [0.2, 0.25) is 0 Å². The van der Waals surface area contributed by atoms with Crippen LogP contribution in [0.4, 0.5) is 15.3 Å². The van der Waals surface area contributed by atoms with Crippen LogP contribution in [-0.2, 0) is 11.3 Å². The van der Waals surface area contributed by atoms with Gasteiger partial charge in [-0.15, -0.1) is 0 Å². The fourth-order valence-corrected chi connectivity index (χ4v) is 4.71. The molecule has 1 aliphatic carbocycles. The molecule has 37 heavy (non-hydrogen) atoms. The maximum atomic E-state index is 13.1. The van der Waals surface area contributed by atoms with Gasteiger partial charge in [-0.2, -0.15) is 0 Å². The Labute approximate surface area is 217 Å². The predicted octanol–water partition coefficient (Wildman–Crippen LogP) is 5.11. The van der Waals surface area contributed by atoms with Crippen LogP contribution >= 0.6 is 0 Å². The Balaban J connectivity index is 0.000000886. The van der Waals surface area contributed by atoms with Gasteiger partial charge in [-0.25, -0.2) is 9.59 Å². The van der Waals surface area contributed by atoms with Gasteiger partial charge in [0.05, 0.1) is 0 Å². The zero-order chi connectivity index (χ0) is 26.5. The summed E-state index contributed by atoms with van der Waals surface area (Å²) in [6.45, 7) is 2.79. The van der Waals surface area contributed by atoms with Crippen molar-refractivity contribution in [2.75, 3.05) is 24.5 Å². The van der Waals surface area contributed by atoms with Gasteiger partial charge in [0, 0.05) is 23.8 Å². The lowest BCUT2D eigenvalue weighted by atomic mass is 9.95. The van der Waals surface area contributed by atoms with E-state index in [1.807, 2.05) is 54.6 Å². The fourth-order valence-electron chi connectivity index (χ4n) is 4.71. The lowest BCUT2D eigenvalue weighted by Crippen LogP contribution is -2.40. The highest BCUT2D eigenvalue weighted by atomic mass is 16.6. The van der Waals surface area contributed by atoms with Crippen molar-refractivity contribution < 1.29 is 29.3 Å². The molecule has 2 aromatic rings. The molecule has 200 valence electrons. The second-order valence-corrected chi connectivity index (χ2v) is 9.48. The average Bonchev–Trinajstić information content (AvgIpc) is 2.92. The van der Waals surface area contributed by atoms with E-state index in [0.29, 0.717) is 18.0 Å². The number of hydrogen-bond acceptors (Lipinski definition) is 5. The molecule has 4 N–H and O–H groups in total. The number of carbonyl (C=O) groups excluding carboxylic acids is 2. The first-order chi connectivity index (χ1) is 17.9. The molecule has 1 heterocycles. The number of rotatable bonds is 7. The number of piperidine rings is 1. The first-order valence-electron chi connectivity index (χ1n) is 12.9. The topological polar surface area (TPSA) is 128 Å². The second kappa shape index (κ2) is 14.8. The Bertz CT molecular complexity index is 983. The SMILES string of the molecule is O=C(NC1CCCCC1)c1ccc(N(CC2CCNCC2)C(=O)OCc2ccccc2)cc1.O=C(O)O. The Hall–Kier alpha value is -3.59. The summed E-state index contributed by atoms with van der Waals surface area (Å²) in [4.78, 5) is 36.0. The minimum atomic E-state index is -1.83. The first-order valence-corrected chi connectivity index (χ1v) is 12.9. The van der Waals surface area contributed by atoms with Gasteiger partial charge >= 0.3 is 12.2 Å². The lowest BCUT2D eigenvalue weighted by molar-refractivity contribution is 0.0927. The minimum Gasteiger partial charge on any atom is -0.450 e. The molecule has 0 radical (unpaired) electrons. The van der Waals surface area contributed by atoms with Crippen LogP contribution < -0.4 is 15.5 Å². The summed E-state index contributed by atoms with van der Waals surface area (Å²) in [5, 5.41) is 20.5. The van der Waals surface area contributed by atoms with E-state index >= 15 is 0 Å². The third-order valence-corrected chi connectivity index (χ3v) is 6.71. The zero-order valence-electron chi connectivity index (χ0n) is 21.1. The number of hydrogen-bond donors (Lipinski definition) is 4. The van der Waals surface area contributed by atoms with E-state index in [1.54, 1.807) is 4.90 Å². The predicted molar refractivity (Wildman–Crippen MR) is 141 cm³/mol. The minimum absolute atomic E-state index is 0.0370. The van der Waals surface area contributed by atoms with Gasteiger partial charge in [0.25, 0.3) is 5.91 Å². The maximum absolute atomic E-state index is 13.1. The number of nitrogens with zero attached hydrogens (tertiary/aromatic N) is 1. The molecule has 9 nitrogen and oxygen atoms in total. The summed E-state index contributed by atoms with van der Waals surface area (Å²) >= 11 is 0. The van der Waals surface area contributed by atoms with Crippen LogP contribution in [0.5, 0.6) is 0 Å². The highest BCUT2D eigenvalue weighted by Crippen LogP contribution is 2.23. The first kappa shape index (κ1) is 28.0. The largest absolute Gasteiger partial charge is 0.503 e. The summed E-state index contributed by atoms with van der Waals surface area (Å²) < 4.78 is 5.66. The van der Waals surface area contributed by atoms with Gasteiger partial charge in [0.1, 0.15) is 6.61 Å². The zero-order valence-corrected chi connectivity index (χ0v) is 21.1. The summed E-state index contributed by atoms with van der Waals surface area (Å²) in [5.74, 6) is 0.384. The molecular weight excluding hydrogens is 474 g/mol. The van der Waals surface area contributed by atoms with Gasteiger partial charge in [0.15, 0.2) is 0 Å². The van der Waals surface area contributed by atoms with Crippen LogP contribution in [0.15, 0.2) is 54.6 Å². The van der Waals surface area contributed by atoms with Crippen LogP contribution in [0.1, 0.15) is 60.9 Å². The molecule has 0 spiro atoms. The van der Waals surface area contributed by atoms with Crippen molar-refractivity contribution in [2.24, 2.45) is 5.92 Å². The molecular formula is C28H37N3O6. The van der Waals surface area contributed by atoms with E-state index in [9.17, 15) is 9.59 Å². The van der Waals surface area contributed by atoms with Crippen molar-refractivity contribution in [3.8, 4) is 0 Å². The molecule has 2 aliphatic rings. The van der Waals surface area contributed by atoms with Gasteiger partial charge in [-0.05, 0) is 74.5 Å². The van der Waals surface area contributed by atoms with Crippen molar-refractivity contribution in [1.82, 2.24) is 10.6 Å². The molecule has 1 saturated carbocycles. The van der Waals surface area contributed by atoms with Gasteiger partial charge in [-0.3, -0.25) is 9.69 Å². The Kier molecular flexibility index (Phi) is 11.2. The lowest BCUT2D eigenvalue weighted by Gasteiger charge is -2.30. The third-order valence-electron chi connectivity index (χ3n) is 6.71. The smallest absolute Gasteiger partial charge is 0.450 e. The molecule has 0 aromatic heterocycles. The summed E-state index contributed by atoms with van der Waals surface area (Å²) in [6, 6.07) is 17.3. The molecule has 9 heteroatoms. The quantitative estimate of drug-likeness (QED) is 0.406.